The number of methoxy groups -OCH3 is 1. The van der Waals surface area contributed by atoms with Crippen LogP contribution in [-0.4, -0.2) is 38.1 Å². The summed E-state index contributed by atoms with van der Waals surface area (Å²) in [6.07, 6.45) is 8.29. The van der Waals surface area contributed by atoms with Crippen LogP contribution in [0.25, 0.3) is 40.1 Å². The van der Waals surface area contributed by atoms with Gasteiger partial charge in [-0.2, -0.15) is 14.6 Å². The largest absolute Gasteiger partial charge is 0.493 e. The zero-order valence-corrected chi connectivity index (χ0v) is 30.0. The Morgan fingerprint density at radius 3 is 2.45 bits per heavy atom. The second kappa shape index (κ2) is 15.2. The Bertz CT molecular complexity index is 2460. The highest BCUT2D eigenvalue weighted by Gasteiger charge is 2.15. The number of fused-ring (bicyclic) bond motifs is 1. The highest BCUT2D eigenvalue weighted by Crippen LogP contribution is 2.30. The van der Waals surface area contributed by atoms with Crippen molar-refractivity contribution in [2.24, 2.45) is 0 Å². The minimum Gasteiger partial charge on any atom is -0.493 e. The van der Waals surface area contributed by atoms with E-state index in [-0.39, 0.29) is 5.56 Å². The van der Waals surface area contributed by atoms with Crippen LogP contribution in [0.15, 0.2) is 102 Å². The van der Waals surface area contributed by atoms with Gasteiger partial charge in [-0.1, -0.05) is 77.9 Å². The number of hydrogen-bond acceptors (Lipinski definition) is 8. The normalized spacial score (nSPS) is 11.9. The van der Waals surface area contributed by atoms with Crippen molar-refractivity contribution < 1.29 is 14.2 Å². The summed E-state index contributed by atoms with van der Waals surface area (Å²) < 4.78 is 20.9. The van der Waals surface area contributed by atoms with Gasteiger partial charge in [-0.05, 0) is 84.8 Å². The molecule has 3 aromatic heterocycles. The first kappa shape index (κ1) is 34.0. The van der Waals surface area contributed by atoms with Crippen LogP contribution in [0, 0.1) is 0 Å². The van der Waals surface area contributed by atoms with E-state index < -0.39 is 0 Å². The Morgan fingerprint density at radius 2 is 1.71 bits per heavy atom. The van der Waals surface area contributed by atoms with Crippen LogP contribution in [0.5, 0.6) is 17.2 Å². The van der Waals surface area contributed by atoms with E-state index in [2.05, 4.69) is 17.0 Å². The smallest absolute Gasteiger partial charge is 0.291 e. The van der Waals surface area contributed by atoms with E-state index in [1.165, 1.54) is 15.9 Å². The lowest BCUT2D eigenvalue weighted by Gasteiger charge is -2.10. The standard InChI is InChI=1S/C39H31Cl2N5O4S/c1-3-19-49-33-17-9-25(20-34(33)48-2)10-18-36-42-39-46(43-36)38(47)35(51-39)21-28-23-45(30-7-5-4-6-8-30)44-37(28)26-12-15-31(16-13-26)50-24-27-11-14-29(40)22-32(27)41/h4-18,20-23H,3,19,24H2,1-2H3/b18-10+,35-21-. The SMILES string of the molecule is CCCOc1ccc(/C=C/c2nc3s/c(=C\c4cn(-c5ccccc5)nc4-c4ccc(OCc5ccc(Cl)cc5Cl)cc4)c(=O)n3n2)cc1OC. The molecule has 4 aromatic carbocycles. The second-order valence-electron chi connectivity index (χ2n) is 11.4. The highest BCUT2D eigenvalue weighted by atomic mass is 35.5. The summed E-state index contributed by atoms with van der Waals surface area (Å²) in [7, 11) is 1.61. The summed E-state index contributed by atoms with van der Waals surface area (Å²) in [6, 6.07) is 28.5. The van der Waals surface area contributed by atoms with Gasteiger partial charge in [-0.3, -0.25) is 4.79 Å². The number of halogens is 2. The second-order valence-corrected chi connectivity index (χ2v) is 13.3. The van der Waals surface area contributed by atoms with Gasteiger partial charge in [0.25, 0.3) is 5.56 Å². The van der Waals surface area contributed by atoms with Crippen LogP contribution in [0.3, 0.4) is 0 Å². The molecular weight excluding hydrogens is 705 g/mol. The third-order valence-corrected chi connectivity index (χ3v) is 9.41. The number of para-hydroxylation sites is 1. The van der Waals surface area contributed by atoms with Crippen molar-refractivity contribution in [2.75, 3.05) is 13.7 Å². The molecule has 0 spiro atoms. The fourth-order valence-corrected chi connectivity index (χ4v) is 6.66. The van der Waals surface area contributed by atoms with E-state index >= 15 is 0 Å². The molecule has 0 amide bonds. The van der Waals surface area contributed by atoms with Gasteiger partial charge in [0.2, 0.25) is 4.96 Å². The van der Waals surface area contributed by atoms with Crippen molar-refractivity contribution in [3.63, 3.8) is 0 Å². The van der Waals surface area contributed by atoms with Gasteiger partial charge in [-0.15, -0.1) is 5.10 Å². The lowest BCUT2D eigenvalue weighted by molar-refractivity contribution is 0.294. The molecule has 0 atom stereocenters. The van der Waals surface area contributed by atoms with Gasteiger partial charge in [0, 0.05) is 32.9 Å². The number of nitrogens with zero attached hydrogens (tertiary/aromatic N) is 5. The molecule has 0 bridgehead atoms. The molecule has 0 fully saturated rings. The average molecular weight is 737 g/mol. The van der Waals surface area contributed by atoms with E-state index in [1.54, 1.807) is 30.0 Å². The number of rotatable bonds is 12. The number of thiazole rings is 1. The van der Waals surface area contributed by atoms with Gasteiger partial charge in [0.1, 0.15) is 18.1 Å². The van der Waals surface area contributed by atoms with Crippen LogP contribution in [0.4, 0.5) is 0 Å². The maximum absolute atomic E-state index is 13.6. The molecule has 3 heterocycles. The zero-order valence-electron chi connectivity index (χ0n) is 27.6. The van der Waals surface area contributed by atoms with Crippen molar-refractivity contribution in [1.82, 2.24) is 24.4 Å². The first-order valence-corrected chi connectivity index (χ1v) is 17.7. The van der Waals surface area contributed by atoms with Gasteiger partial charge in [-0.25, -0.2) is 4.68 Å². The van der Waals surface area contributed by atoms with Crippen molar-refractivity contribution in [3.8, 4) is 34.2 Å². The van der Waals surface area contributed by atoms with E-state index in [4.69, 9.17) is 42.5 Å². The van der Waals surface area contributed by atoms with Crippen LogP contribution >= 0.6 is 34.5 Å². The maximum Gasteiger partial charge on any atom is 0.291 e. The fraction of sp³-hybridized carbons (Fsp3) is 0.128. The summed E-state index contributed by atoms with van der Waals surface area (Å²) >= 11 is 13.6. The lowest BCUT2D eigenvalue weighted by Crippen LogP contribution is -2.23. The Hall–Kier alpha value is -5.42. The zero-order chi connectivity index (χ0) is 35.3. The Kier molecular flexibility index (Phi) is 10.2. The molecule has 0 unspecified atom stereocenters. The molecular formula is C39H31Cl2N5O4S. The molecule has 51 heavy (non-hydrogen) atoms. The summed E-state index contributed by atoms with van der Waals surface area (Å²) in [4.78, 5) is 18.6. The minimum atomic E-state index is -0.260. The average Bonchev–Trinajstić information content (AvgIpc) is 3.84. The first-order chi connectivity index (χ1) is 24.9. The summed E-state index contributed by atoms with van der Waals surface area (Å²) in [5, 5.41) is 10.5. The molecule has 9 nitrogen and oxygen atoms in total. The monoisotopic (exact) mass is 735 g/mol. The Balaban J connectivity index is 1.16. The lowest BCUT2D eigenvalue weighted by atomic mass is 10.1. The number of ether oxygens (including phenoxy) is 3. The van der Waals surface area contributed by atoms with E-state index in [1.807, 2.05) is 97.2 Å². The molecule has 0 N–H and O–H groups in total. The molecule has 0 saturated heterocycles. The van der Waals surface area contributed by atoms with Crippen LogP contribution in [0.1, 0.15) is 35.9 Å². The Morgan fingerprint density at radius 1 is 0.882 bits per heavy atom. The maximum atomic E-state index is 13.6. The number of aromatic nitrogens is 5. The van der Waals surface area contributed by atoms with E-state index in [0.29, 0.717) is 61.5 Å². The molecule has 0 aliphatic carbocycles. The summed E-state index contributed by atoms with van der Waals surface area (Å²) in [5.41, 5.74) is 4.68. The molecule has 7 rings (SSSR count). The van der Waals surface area contributed by atoms with Gasteiger partial charge in [0.15, 0.2) is 17.3 Å². The molecule has 0 radical (unpaired) electrons. The fourth-order valence-electron chi connectivity index (χ4n) is 5.29. The third-order valence-electron chi connectivity index (χ3n) is 7.86. The predicted molar refractivity (Wildman–Crippen MR) is 203 cm³/mol. The van der Waals surface area contributed by atoms with Crippen LogP contribution in [-0.2, 0) is 6.61 Å². The molecule has 7 aromatic rings. The molecule has 0 saturated carbocycles. The third kappa shape index (κ3) is 7.68. The quantitative estimate of drug-likeness (QED) is 0.124. The number of hydrogen-bond donors (Lipinski definition) is 0. The Labute approximate surface area is 307 Å². The molecule has 12 heteroatoms. The highest BCUT2D eigenvalue weighted by molar-refractivity contribution is 7.15. The summed E-state index contributed by atoms with van der Waals surface area (Å²) in [5.74, 6) is 2.43. The van der Waals surface area contributed by atoms with E-state index in [9.17, 15) is 4.79 Å². The molecule has 0 aliphatic rings. The van der Waals surface area contributed by atoms with Crippen LogP contribution in [0.2, 0.25) is 10.0 Å². The van der Waals surface area contributed by atoms with E-state index in [0.717, 1.165) is 34.4 Å². The van der Waals surface area contributed by atoms with Crippen molar-refractivity contribution in [1.29, 1.82) is 0 Å². The minimum absolute atomic E-state index is 0.260. The van der Waals surface area contributed by atoms with Crippen LogP contribution < -0.4 is 24.3 Å². The topological polar surface area (TPSA) is 92.8 Å². The van der Waals surface area contributed by atoms with Gasteiger partial charge >= 0.3 is 0 Å². The molecule has 0 aliphatic heterocycles. The van der Waals surface area contributed by atoms with Gasteiger partial charge in [0.05, 0.1) is 23.9 Å². The number of benzene rings is 4. The first-order valence-electron chi connectivity index (χ1n) is 16.1. The van der Waals surface area contributed by atoms with Crippen molar-refractivity contribution >= 4 is 57.7 Å². The molecule has 256 valence electrons. The van der Waals surface area contributed by atoms with Crippen molar-refractivity contribution in [2.45, 2.75) is 20.0 Å². The summed E-state index contributed by atoms with van der Waals surface area (Å²) in [6.45, 7) is 2.96. The van der Waals surface area contributed by atoms with Crippen molar-refractivity contribution in [3.05, 3.63) is 145 Å². The predicted octanol–water partition coefficient (Wildman–Crippen LogP) is 8.41. The van der Waals surface area contributed by atoms with Gasteiger partial charge < -0.3 is 14.2 Å².